The van der Waals surface area contributed by atoms with Gasteiger partial charge >= 0.3 is 18.0 Å². The summed E-state index contributed by atoms with van der Waals surface area (Å²) in [6.07, 6.45) is 5.12. The summed E-state index contributed by atoms with van der Waals surface area (Å²) in [7, 11) is 5.17. The standard InChI is InChI=1S/C22H34IN5O3.C4H4O4/c1-26(2)22(30)28-10-4-15(5-11-28)14-27-8-6-16(7-9-27)25-21(29)17-12-18(23)19(24)13-20(17)31-3;5-3(6)1-2-4(7)8/h12-13,15-16H,4-11,14,24H2,1-3H3,(H,25,29);1-2H,(H,5,6)(H,7,8). The van der Waals surface area contributed by atoms with E-state index >= 15 is 0 Å². The van der Waals surface area contributed by atoms with Crippen LogP contribution in [-0.4, -0.2) is 109 Å². The van der Waals surface area contributed by atoms with Crippen molar-refractivity contribution in [2.75, 3.05) is 59.7 Å². The third-order valence-electron chi connectivity index (χ3n) is 6.64. The third-order valence-corrected chi connectivity index (χ3v) is 7.57. The lowest BCUT2D eigenvalue weighted by atomic mass is 9.94. The molecule has 2 heterocycles. The van der Waals surface area contributed by atoms with Crippen LogP contribution in [0.15, 0.2) is 24.3 Å². The fraction of sp³-hybridized carbons (Fsp3) is 0.538. The fourth-order valence-electron chi connectivity index (χ4n) is 4.54. The zero-order valence-electron chi connectivity index (χ0n) is 22.6. The number of anilines is 1. The van der Waals surface area contributed by atoms with Gasteiger partial charge in [0.05, 0.1) is 12.7 Å². The number of benzene rings is 1. The number of nitrogens with one attached hydrogen (secondary N) is 1. The van der Waals surface area contributed by atoms with E-state index in [1.807, 2.05) is 19.0 Å². The molecule has 39 heavy (non-hydrogen) atoms. The summed E-state index contributed by atoms with van der Waals surface area (Å²) in [5, 5.41) is 18.8. The second kappa shape index (κ2) is 15.5. The molecular weight excluding hydrogens is 621 g/mol. The Hall–Kier alpha value is -3.07. The minimum Gasteiger partial charge on any atom is -0.496 e. The molecule has 1 aromatic carbocycles. The number of carboxylic acid groups (broad SMARTS) is 2. The Bertz CT molecular complexity index is 1030. The maximum atomic E-state index is 12.8. The van der Waals surface area contributed by atoms with Gasteiger partial charge in [0.1, 0.15) is 5.75 Å². The van der Waals surface area contributed by atoms with Gasteiger partial charge in [-0.2, -0.15) is 0 Å². The average molecular weight is 660 g/mol. The molecule has 12 nitrogen and oxygen atoms in total. The zero-order valence-corrected chi connectivity index (χ0v) is 24.7. The lowest BCUT2D eigenvalue weighted by molar-refractivity contribution is -0.134. The van der Waals surface area contributed by atoms with Crippen LogP contribution in [0.2, 0.25) is 0 Å². The van der Waals surface area contributed by atoms with E-state index in [1.54, 1.807) is 24.1 Å². The van der Waals surface area contributed by atoms with E-state index in [9.17, 15) is 19.2 Å². The molecule has 0 unspecified atom stereocenters. The van der Waals surface area contributed by atoms with Crippen molar-refractivity contribution in [3.63, 3.8) is 0 Å². The number of carbonyl (C=O) groups is 4. The van der Waals surface area contributed by atoms with Gasteiger partial charge < -0.3 is 40.7 Å². The summed E-state index contributed by atoms with van der Waals surface area (Å²) < 4.78 is 6.19. The van der Waals surface area contributed by atoms with Crippen molar-refractivity contribution in [2.45, 2.75) is 31.7 Å². The Morgan fingerprint density at radius 3 is 2.10 bits per heavy atom. The molecule has 3 rings (SSSR count). The van der Waals surface area contributed by atoms with Crippen molar-refractivity contribution in [1.82, 2.24) is 20.0 Å². The predicted molar refractivity (Wildman–Crippen MR) is 155 cm³/mol. The first-order chi connectivity index (χ1) is 18.4. The second-order valence-electron chi connectivity index (χ2n) is 9.74. The van der Waals surface area contributed by atoms with Crippen molar-refractivity contribution in [3.8, 4) is 5.75 Å². The molecule has 1 aromatic rings. The molecule has 0 saturated carbocycles. The predicted octanol–water partition coefficient (Wildman–Crippen LogP) is 2.18. The first-order valence-electron chi connectivity index (χ1n) is 12.7. The molecule has 2 aliphatic heterocycles. The van der Waals surface area contributed by atoms with Gasteiger partial charge in [-0.05, 0) is 60.3 Å². The number of nitrogens with two attached hydrogens (primary N) is 1. The molecule has 2 aliphatic rings. The number of amides is 3. The number of carbonyl (C=O) groups excluding carboxylic acids is 2. The molecule has 0 bridgehead atoms. The van der Waals surface area contributed by atoms with Crippen LogP contribution in [0, 0.1) is 9.49 Å². The smallest absolute Gasteiger partial charge is 0.328 e. The first-order valence-corrected chi connectivity index (χ1v) is 13.8. The lowest BCUT2D eigenvalue weighted by Gasteiger charge is -2.38. The fourth-order valence-corrected chi connectivity index (χ4v) is 5.00. The number of methoxy groups -OCH3 is 1. The van der Waals surface area contributed by atoms with E-state index in [0.717, 1.165) is 62.0 Å². The number of aliphatic carboxylic acids is 2. The minimum absolute atomic E-state index is 0.105. The minimum atomic E-state index is -1.26. The summed E-state index contributed by atoms with van der Waals surface area (Å²) in [6, 6.07) is 3.77. The van der Waals surface area contributed by atoms with Gasteiger partial charge in [-0.15, -0.1) is 0 Å². The second-order valence-corrected chi connectivity index (χ2v) is 10.9. The van der Waals surface area contributed by atoms with E-state index in [4.69, 9.17) is 20.7 Å². The van der Waals surface area contributed by atoms with Gasteiger partial charge in [0.2, 0.25) is 0 Å². The Labute approximate surface area is 242 Å². The summed E-state index contributed by atoms with van der Waals surface area (Å²) in [4.78, 5) is 50.1. The maximum Gasteiger partial charge on any atom is 0.328 e. The highest BCUT2D eigenvalue weighted by Gasteiger charge is 2.28. The Morgan fingerprint density at radius 2 is 1.62 bits per heavy atom. The van der Waals surface area contributed by atoms with Crippen molar-refractivity contribution in [3.05, 3.63) is 33.4 Å². The first kappa shape index (κ1) is 32.1. The van der Waals surface area contributed by atoms with Gasteiger partial charge in [-0.3, -0.25) is 4.79 Å². The normalized spacial score (nSPS) is 16.8. The number of urea groups is 1. The summed E-state index contributed by atoms with van der Waals surface area (Å²) >= 11 is 2.13. The highest BCUT2D eigenvalue weighted by Crippen LogP contribution is 2.27. The van der Waals surface area contributed by atoms with E-state index < -0.39 is 11.9 Å². The summed E-state index contributed by atoms with van der Waals surface area (Å²) in [5.74, 6) is -1.48. The van der Waals surface area contributed by atoms with Crippen LogP contribution in [0.3, 0.4) is 0 Å². The number of nitrogen functional groups attached to an aromatic ring is 1. The highest BCUT2D eigenvalue weighted by molar-refractivity contribution is 14.1. The molecule has 0 aromatic heterocycles. The number of halogens is 1. The molecule has 0 spiro atoms. The molecule has 2 fully saturated rings. The van der Waals surface area contributed by atoms with Crippen LogP contribution >= 0.6 is 22.6 Å². The SMILES string of the molecule is COc1cc(N)c(I)cc1C(=O)NC1CCN(CC2CCN(C(=O)N(C)C)CC2)CC1.O=C(O)C=CC(=O)O. The lowest BCUT2D eigenvalue weighted by Crippen LogP contribution is -2.48. The molecule has 0 atom stereocenters. The molecule has 216 valence electrons. The van der Waals surface area contributed by atoms with Crippen molar-refractivity contribution < 1.29 is 34.1 Å². The number of likely N-dealkylation sites (tertiary alicyclic amines) is 2. The van der Waals surface area contributed by atoms with Crippen LogP contribution in [0.4, 0.5) is 10.5 Å². The number of rotatable bonds is 7. The van der Waals surface area contributed by atoms with Gasteiger partial charge in [0.15, 0.2) is 0 Å². The topological polar surface area (TPSA) is 166 Å². The number of hydrogen-bond acceptors (Lipinski definition) is 7. The van der Waals surface area contributed by atoms with Crippen molar-refractivity contribution in [1.29, 1.82) is 0 Å². The van der Waals surface area contributed by atoms with Crippen LogP contribution in [0.5, 0.6) is 5.75 Å². The molecule has 2 saturated heterocycles. The monoisotopic (exact) mass is 659 g/mol. The largest absolute Gasteiger partial charge is 0.496 e. The maximum absolute atomic E-state index is 12.8. The Kier molecular flexibility index (Phi) is 12.8. The highest BCUT2D eigenvalue weighted by atomic mass is 127. The van der Waals surface area contributed by atoms with E-state index in [1.165, 1.54) is 0 Å². The summed E-state index contributed by atoms with van der Waals surface area (Å²) in [5.41, 5.74) is 7.07. The van der Waals surface area contributed by atoms with Gasteiger partial charge in [0, 0.05) is 80.3 Å². The van der Waals surface area contributed by atoms with Gasteiger partial charge in [-0.1, -0.05) is 0 Å². The van der Waals surface area contributed by atoms with E-state index in [-0.39, 0.29) is 18.0 Å². The molecule has 3 amide bonds. The van der Waals surface area contributed by atoms with Gasteiger partial charge in [0.25, 0.3) is 5.91 Å². The quantitative estimate of drug-likeness (QED) is 0.195. The molecular formula is C26H38IN5O7. The molecule has 0 radical (unpaired) electrons. The molecule has 0 aliphatic carbocycles. The third kappa shape index (κ3) is 10.5. The Balaban J connectivity index is 0.000000580. The van der Waals surface area contributed by atoms with E-state index in [2.05, 4.69) is 32.8 Å². The van der Waals surface area contributed by atoms with Crippen LogP contribution in [0.25, 0.3) is 0 Å². The van der Waals surface area contributed by atoms with Crippen molar-refractivity contribution in [2.24, 2.45) is 5.92 Å². The van der Waals surface area contributed by atoms with Crippen LogP contribution < -0.4 is 15.8 Å². The van der Waals surface area contributed by atoms with Crippen LogP contribution in [-0.2, 0) is 9.59 Å². The number of hydrogen-bond donors (Lipinski definition) is 4. The average Bonchev–Trinajstić information content (AvgIpc) is 2.90. The number of carboxylic acids is 2. The number of piperidine rings is 2. The van der Waals surface area contributed by atoms with E-state index in [0.29, 0.717) is 35.1 Å². The number of nitrogens with zero attached hydrogens (tertiary/aromatic N) is 3. The van der Waals surface area contributed by atoms with Crippen LogP contribution in [0.1, 0.15) is 36.0 Å². The van der Waals surface area contributed by atoms with Gasteiger partial charge in [-0.25, -0.2) is 14.4 Å². The summed E-state index contributed by atoms with van der Waals surface area (Å²) in [6.45, 7) is 4.73. The Morgan fingerprint density at radius 1 is 1.05 bits per heavy atom. The van der Waals surface area contributed by atoms with Crippen molar-refractivity contribution >= 4 is 52.2 Å². The number of ether oxygens (including phenoxy) is 1. The molecule has 13 heteroatoms. The zero-order chi connectivity index (χ0) is 29.1. The molecule has 5 N–H and O–H groups in total.